The molecule has 0 bridgehead atoms. The number of thioether (sulfide) groups is 1. The molecule has 0 aromatic heterocycles. The Morgan fingerprint density at radius 3 is 2.15 bits per heavy atom. The molecular weight excluding hydrogens is 705 g/mol. The third kappa shape index (κ3) is 11.8. The van der Waals surface area contributed by atoms with E-state index in [1.165, 1.54) is 11.8 Å². The minimum Gasteiger partial charge on any atom is -0.444 e. The monoisotopic (exact) mass is 750 g/mol. The van der Waals surface area contributed by atoms with E-state index < -0.39 is 50.7 Å². The topological polar surface area (TPSA) is 168 Å². The van der Waals surface area contributed by atoms with Gasteiger partial charge in [-0.3, -0.25) is 14.9 Å². The fourth-order valence-electron chi connectivity index (χ4n) is 5.41. The van der Waals surface area contributed by atoms with Crippen molar-refractivity contribution >= 4 is 50.2 Å². The van der Waals surface area contributed by atoms with Gasteiger partial charge in [0.05, 0.1) is 22.0 Å². The SMILES string of the molecule is CC(C)CN(C[C@@H](O)[C@H](Cc1ccccc1)NC(=O)[C@@H](CSc1ccc2ccccc2c1)NC(=O)OC(C)(C)C)S(=O)(=O)c1ccc([N+](=O)[O-])cc1. The van der Waals surface area contributed by atoms with Gasteiger partial charge in [-0.2, -0.15) is 4.31 Å². The third-order valence-electron chi connectivity index (χ3n) is 7.88. The van der Waals surface area contributed by atoms with E-state index in [4.69, 9.17) is 4.74 Å². The molecule has 0 radical (unpaired) electrons. The molecule has 4 aromatic rings. The second kappa shape index (κ2) is 17.8. The summed E-state index contributed by atoms with van der Waals surface area (Å²) in [6.07, 6.45) is -2.03. The van der Waals surface area contributed by atoms with Crippen molar-refractivity contribution in [2.75, 3.05) is 18.8 Å². The van der Waals surface area contributed by atoms with E-state index >= 15 is 0 Å². The Labute approximate surface area is 309 Å². The van der Waals surface area contributed by atoms with Gasteiger partial charge in [0.2, 0.25) is 15.9 Å². The molecule has 0 aliphatic heterocycles. The van der Waals surface area contributed by atoms with Crippen molar-refractivity contribution in [3.8, 4) is 0 Å². The molecule has 0 fully saturated rings. The fourth-order valence-corrected chi connectivity index (χ4v) is 8.00. The van der Waals surface area contributed by atoms with Gasteiger partial charge in [-0.1, -0.05) is 74.5 Å². The van der Waals surface area contributed by atoms with Crippen LogP contribution in [0.15, 0.2) is 107 Å². The van der Waals surface area contributed by atoms with Gasteiger partial charge in [-0.15, -0.1) is 11.8 Å². The van der Waals surface area contributed by atoms with Crippen LogP contribution in [0, 0.1) is 16.0 Å². The predicted molar refractivity (Wildman–Crippen MR) is 203 cm³/mol. The molecule has 0 spiro atoms. The smallest absolute Gasteiger partial charge is 0.408 e. The molecule has 3 N–H and O–H groups in total. The molecule has 12 nitrogen and oxygen atoms in total. The first kappa shape index (κ1) is 40.3. The van der Waals surface area contributed by atoms with Crippen molar-refractivity contribution < 1.29 is 32.8 Å². The number of nitro benzene ring substituents is 1. The van der Waals surface area contributed by atoms with Gasteiger partial charge in [0, 0.05) is 35.9 Å². The highest BCUT2D eigenvalue weighted by molar-refractivity contribution is 7.99. The molecule has 4 rings (SSSR count). The number of carbonyl (C=O) groups excluding carboxylic acids is 2. The van der Waals surface area contributed by atoms with Gasteiger partial charge in [-0.05, 0) is 73.7 Å². The van der Waals surface area contributed by atoms with E-state index in [9.17, 15) is 33.2 Å². The lowest BCUT2D eigenvalue weighted by molar-refractivity contribution is -0.384. The number of aliphatic hydroxyl groups is 1. The normalized spacial score (nSPS) is 13.8. The van der Waals surface area contributed by atoms with Gasteiger partial charge in [0.15, 0.2) is 0 Å². The van der Waals surface area contributed by atoms with Crippen LogP contribution < -0.4 is 10.6 Å². The summed E-state index contributed by atoms with van der Waals surface area (Å²) >= 11 is 1.37. The quantitative estimate of drug-likeness (QED) is 0.0689. The van der Waals surface area contributed by atoms with E-state index in [1.54, 1.807) is 20.8 Å². The van der Waals surface area contributed by atoms with Crippen molar-refractivity contribution in [1.82, 2.24) is 14.9 Å². The van der Waals surface area contributed by atoms with E-state index in [-0.39, 0.29) is 41.8 Å². The number of rotatable bonds is 16. The molecule has 52 heavy (non-hydrogen) atoms. The molecule has 0 aliphatic carbocycles. The van der Waals surface area contributed by atoms with Crippen LogP contribution in [0.5, 0.6) is 0 Å². The third-order valence-corrected chi connectivity index (χ3v) is 10.8. The minimum atomic E-state index is -4.21. The molecule has 0 unspecified atom stereocenters. The Kier molecular flexibility index (Phi) is 13.8. The highest BCUT2D eigenvalue weighted by atomic mass is 32.2. The van der Waals surface area contributed by atoms with Crippen molar-refractivity contribution in [3.63, 3.8) is 0 Å². The fraction of sp³-hybridized carbons (Fsp3) is 0.368. The molecule has 3 atom stereocenters. The van der Waals surface area contributed by atoms with E-state index in [0.29, 0.717) is 0 Å². The largest absolute Gasteiger partial charge is 0.444 e. The summed E-state index contributed by atoms with van der Waals surface area (Å²) in [5, 5.41) is 30.6. The second-order valence-electron chi connectivity index (χ2n) is 13.9. The number of non-ortho nitro benzene ring substituents is 1. The predicted octanol–water partition coefficient (Wildman–Crippen LogP) is 6.17. The van der Waals surface area contributed by atoms with E-state index in [0.717, 1.165) is 49.8 Å². The number of benzene rings is 4. The standard InChI is InChI=1S/C38H46N4O8S2/c1-26(2)23-41(52(48,49)32-19-16-30(17-20-32)42(46)47)24-35(43)33(21-27-11-7-6-8-12-27)39-36(44)34(40-37(45)50-38(3,4)5)25-51-31-18-15-28-13-9-10-14-29(28)22-31/h6-20,22,26,33-35,43H,21,23-25H2,1-5H3,(H,39,44)(H,40,45)/t33-,34+,35+/m0/s1. The van der Waals surface area contributed by atoms with Crippen LogP contribution in [0.1, 0.15) is 40.2 Å². The number of fused-ring (bicyclic) bond motifs is 1. The molecule has 0 saturated heterocycles. The van der Waals surface area contributed by atoms with Crippen molar-refractivity contribution in [3.05, 3.63) is 113 Å². The van der Waals surface area contributed by atoms with E-state index in [1.807, 2.05) is 86.6 Å². The molecule has 0 saturated carbocycles. The number of nitrogens with zero attached hydrogens (tertiary/aromatic N) is 2. The zero-order chi connectivity index (χ0) is 38.1. The first-order chi connectivity index (χ1) is 24.5. The lowest BCUT2D eigenvalue weighted by atomic mass is 10.0. The highest BCUT2D eigenvalue weighted by Crippen LogP contribution is 2.25. The summed E-state index contributed by atoms with van der Waals surface area (Å²) < 4.78 is 34.2. The van der Waals surface area contributed by atoms with Crippen LogP contribution in [-0.4, -0.2) is 77.4 Å². The Bertz CT molecular complexity index is 1930. The first-order valence-electron chi connectivity index (χ1n) is 16.9. The number of ether oxygens (including phenoxy) is 1. The Morgan fingerprint density at radius 1 is 0.904 bits per heavy atom. The summed E-state index contributed by atoms with van der Waals surface area (Å²) in [6.45, 7) is 8.45. The highest BCUT2D eigenvalue weighted by Gasteiger charge is 2.33. The molecule has 14 heteroatoms. The van der Waals surface area contributed by atoms with Gasteiger partial charge in [-0.25, -0.2) is 13.2 Å². The maximum Gasteiger partial charge on any atom is 0.408 e. The number of alkyl carbamates (subject to hydrolysis) is 1. The summed E-state index contributed by atoms with van der Waals surface area (Å²) in [7, 11) is -4.21. The lowest BCUT2D eigenvalue weighted by Crippen LogP contribution is -2.56. The number of carbonyl (C=O) groups is 2. The van der Waals surface area contributed by atoms with Crippen molar-refractivity contribution in [1.29, 1.82) is 0 Å². The minimum absolute atomic E-state index is 0.0353. The molecule has 2 amide bonds. The summed E-state index contributed by atoms with van der Waals surface area (Å²) in [5.41, 5.74) is -0.298. The maximum absolute atomic E-state index is 14.1. The first-order valence-corrected chi connectivity index (χ1v) is 19.3. The summed E-state index contributed by atoms with van der Waals surface area (Å²) in [5.74, 6) is -0.601. The average Bonchev–Trinajstić information content (AvgIpc) is 3.08. The number of hydrogen-bond donors (Lipinski definition) is 3. The van der Waals surface area contributed by atoms with Gasteiger partial charge in [0.25, 0.3) is 5.69 Å². The maximum atomic E-state index is 14.1. The zero-order valence-electron chi connectivity index (χ0n) is 29.9. The Hall–Kier alpha value is -4.50. The molecule has 4 aromatic carbocycles. The number of nitrogens with one attached hydrogen (secondary N) is 2. The lowest BCUT2D eigenvalue weighted by Gasteiger charge is -2.31. The number of aliphatic hydroxyl groups excluding tert-OH is 1. The van der Waals surface area contributed by atoms with Gasteiger partial charge < -0.3 is 20.5 Å². The van der Waals surface area contributed by atoms with Crippen LogP contribution in [0.2, 0.25) is 0 Å². The van der Waals surface area contributed by atoms with Crippen LogP contribution in [0.25, 0.3) is 10.8 Å². The summed E-state index contributed by atoms with van der Waals surface area (Å²) in [6, 6.07) is 25.4. The van der Waals surface area contributed by atoms with Crippen molar-refractivity contribution in [2.24, 2.45) is 5.92 Å². The molecule has 0 aliphatic rings. The number of amides is 2. The Morgan fingerprint density at radius 2 is 1.54 bits per heavy atom. The number of sulfonamides is 1. The van der Waals surface area contributed by atoms with Crippen LogP contribution in [0.4, 0.5) is 10.5 Å². The van der Waals surface area contributed by atoms with E-state index in [2.05, 4.69) is 10.6 Å². The molecular formula is C38H46N4O8S2. The average molecular weight is 751 g/mol. The Balaban J connectivity index is 1.61. The molecule has 0 heterocycles. The number of nitro groups is 1. The van der Waals surface area contributed by atoms with Gasteiger partial charge in [0.1, 0.15) is 11.6 Å². The summed E-state index contributed by atoms with van der Waals surface area (Å²) in [4.78, 5) is 38.3. The van der Waals surface area contributed by atoms with Crippen molar-refractivity contribution in [2.45, 2.75) is 74.6 Å². The number of hydrogen-bond acceptors (Lipinski definition) is 9. The second-order valence-corrected chi connectivity index (χ2v) is 16.9. The van der Waals surface area contributed by atoms with Gasteiger partial charge >= 0.3 is 6.09 Å². The van der Waals surface area contributed by atoms with Crippen LogP contribution in [0.3, 0.4) is 0 Å². The van der Waals surface area contributed by atoms with Crippen LogP contribution >= 0.6 is 11.8 Å². The zero-order valence-corrected chi connectivity index (χ0v) is 31.5. The molecule has 278 valence electrons. The van der Waals surface area contributed by atoms with Crippen LogP contribution in [-0.2, 0) is 26.0 Å².